The Morgan fingerprint density at radius 3 is 2.50 bits per heavy atom. The molecule has 38 heavy (non-hydrogen) atoms. The molecule has 4 aromatic rings. The first-order valence-corrected chi connectivity index (χ1v) is 14.6. The number of piperazine rings is 1. The van der Waals surface area contributed by atoms with Crippen molar-refractivity contribution in [1.29, 1.82) is 0 Å². The molecule has 0 saturated carbocycles. The Kier molecular flexibility index (Phi) is 7.11. The van der Waals surface area contributed by atoms with E-state index in [1.165, 1.54) is 16.6 Å². The van der Waals surface area contributed by atoms with Crippen LogP contribution in [-0.4, -0.2) is 80.0 Å². The number of nitrogens with zero attached hydrogens (tertiary/aromatic N) is 7. The summed E-state index contributed by atoms with van der Waals surface area (Å²) in [7, 11) is 0.915. The standard InChI is InChI=1S/C26H33N9O2S/c1-5-13-34-25(36)21-18-28-26(29-19-9-11-20(12-10-19)33-16-14-32(3)15-17-33)31-24(21)35(34)22-7-6-8-23(30-22)38(4,37)27-2/h5-12,18,38H,1,13-17H2,2-4H3,(H,27,37)(H,28,29,31). The fourth-order valence-electron chi connectivity index (χ4n) is 4.44. The molecule has 0 atom stereocenters. The molecule has 1 aromatic carbocycles. The van der Waals surface area contributed by atoms with Gasteiger partial charge >= 0.3 is 0 Å². The number of nitrogens with one attached hydrogen (secondary N) is 2. The molecule has 0 spiro atoms. The fraction of sp³-hybridized carbons (Fsp3) is 0.308. The van der Waals surface area contributed by atoms with Crippen LogP contribution in [0.5, 0.6) is 0 Å². The molecule has 5 rings (SSSR count). The molecule has 0 aliphatic carbocycles. The largest absolute Gasteiger partial charge is 0.369 e. The quantitative estimate of drug-likeness (QED) is 0.231. The highest BCUT2D eigenvalue weighted by atomic mass is 32.3. The summed E-state index contributed by atoms with van der Waals surface area (Å²) < 4.78 is 18.9. The number of allylic oxidation sites excluding steroid dienone is 1. The second-order valence-corrected chi connectivity index (χ2v) is 12.1. The van der Waals surface area contributed by atoms with Crippen LogP contribution in [0.15, 0.2) is 71.1 Å². The van der Waals surface area contributed by atoms with Crippen LogP contribution >= 0.6 is 0 Å². The predicted molar refractivity (Wildman–Crippen MR) is 153 cm³/mol. The zero-order chi connectivity index (χ0) is 26.9. The molecule has 11 nitrogen and oxygen atoms in total. The van der Waals surface area contributed by atoms with Crippen molar-refractivity contribution in [3.05, 3.63) is 71.7 Å². The van der Waals surface area contributed by atoms with Crippen molar-refractivity contribution in [1.82, 2.24) is 33.9 Å². The highest BCUT2D eigenvalue weighted by Crippen LogP contribution is 2.23. The lowest BCUT2D eigenvalue weighted by Crippen LogP contribution is -2.44. The van der Waals surface area contributed by atoms with Crippen molar-refractivity contribution in [2.45, 2.75) is 11.6 Å². The molecular formula is C26H33N9O2S. The molecule has 1 aliphatic heterocycles. The minimum atomic E-state index is -2.86. The van der Waals surface area contributed by atoms with Gasteiger partial charge in [-0.05, 0) is 60.6 Å². The zero-order valence-corrected chi connectivity index (χ0v) is 22.7. The van der Waals surface area contributed by atoms with Gasteiger partial charge in [-0.3, -0.25) is 13.7 Å². The van der Waals surface area contributed by atoms with E-state index in [9.17, 15) is 9.00 Å². The Labute approximate surface area is 222 Å². The summed E-state index contributed by atoms with van der Waals surface area (Å²) in [6.45, 7) is 8.12. The minimum Gasteiger partial charge on any atom is -0.369 e. The van der Waals surface area contributed by atoms with E-state index in [4.69, 9.17) is 0 Å². The number of benzene rings is 1. The monoisotopic (exact) mass is 535 g/mol. The average molecular weight is 536 g/mol. The van der Waals surface area contributed by atoms with Crippen LogP contribution < -0.4 is 20.5 Å². The second-order valence-electron chi connectivity index (χ2n) is 9.38. The average Bonchev–Trinajstić information content (AvgIpc) is 3.20. The highest BCUT2D eigenvalue weighted by Gasteiger charge is 2.20. The lowest BCUT2D eigenvalue weighted by Gasteiger charge is -2.34. The number of rotatable bonds is 8. The molecule has 3 aromatic heterocycles. The molecule has 1 fully saturated rings. The molecule has 0 unspecified atom stereocenters. The summed E-state index contributed by atoms with van der Waals surface area (Å²) in [5.74, 6) is 0.775. The van der Waals surface area contributed by atoms with Crippen LogP contribution in [-0.2, 0) is 16.7 Å². The van der Waals surface area contributed by atoms with Crippen molar-refractivity contribution in [2.24, 2.45) is 0 Å². The first-order chi connectivity index (χ1) is 18.3. The van der Waals surface area contributed by atoms with Gasteiger partial charge in [-0.1, -0.05) is 12.1 Å². The molecule has 0 bridgehead atoms. The second kappa shape index (κ2) is 10.5. The molecule has 1 aliphatic rings. The van der Waals surface area contributed by atoms with E-state index in [1.54, 1.807) is 42.3 Å². The van der Waals surface area contributed by atoms with Crippen molar-refractivity contribution < 1.29 is 4.21 Å². The van der Waals surface area contributed by atoms with Gasteiger partial charge in [0.1, 0.15) is 10.4 Å². The number of hydrogen-bond acceptors (Lipinski definition) is 8. The van der Waals surface area contributed by atoms with Gasteiger partial charge in [-0.15, -0.1) is 6.58 Å². The van der Waals surface area contributed by atoms with Gasteiger partial charge in [0.05, 0.1) is 6.54 Å². The number of fused-ring (bicyclic) bond motifs is 1. The van der Waals surface area contributed by atoms with Gasteiger partial charge in [-0.2, -0.15) is 4.98 Å². The molecule has 2 N–H and O–H groups in total. The Morgan fingerprint density at radius 1 is 1.08 bits per heavy atom. The zero-order valence-electron chi connectivity index (χ0n) is 21.8. The molecule has 1 saturated heterocycles. The smallest absolute Gasteiger partial charge is 0.278 e. The van der Waals surface area contributed by atoms with Gasteiger partial charge in [0.15, 0.2) is 11.5 Å². The third-order valence-electron chi connectivity index (χ3n) is 6.77. The SMILES string of the molecule is C=CCn1c(=O)c2cnc(Nc3ccc(N4CCN(C)CC4)cc3)nc2n1-c1cccc([SH](C)(=O)NC)n1. The number of pyridine rings is 1. The fourth-order valence-corrected chi connectivity index (χ4v) is 5.33. The summed E-state index contributed by atoms with van der Waals surface area (Å²) in [5, 5.41) is 4.01. The van der Waals surface area contributed by atoms with E-state index in [0.717, 1.165) is 31.9 Å². The van der Waals surface area contributed by atoms with E-state index in [0.29, 0.717) is 27.8 Å². The highest BCUT2D eigenvalue weighted by molar-refractivity contribution is 8.00. The number of anilines is 3. The van der Waals surface area contributed by atoms with Gasteiger partial charge in [0.2, 0.25) is 5.95 Å². The molecular weight excluding hydrogens is 502 g/mol. The van der Waals surface area contributed by atoms with Gasteiger partial charge in [0, 0.05) is 50.0 Å². The molecule has 200 valence electrons. The number of thiol groups is 1. The number of aromatic nitrogens is 5. The maximum atomic E-state index is 13.2. The lowest BCUT2D eigenvalue weighted by atomic mass is 10.2. The normalized spacial score (nSPS) is 15.1. The Morgan fingerprint density at radius 2 is 1.82 bits per heavy atom. The predicted octanol–water partition coefficient (Wildman–Crippen LogP) is 1.80. The third kappa shape index (κ3) is 4.97. The molecule has 12 heteroatoms. The van der Waals surface area contributed by atoms with Crippen LogP contribution in [0.4, 0.5) is 17.3 Å². The van der Waals surface area contributed by atoms with Crippen LogP contribution in [0.1, 0.15) is 0 Å². The van der Waals surface area contributed by atoms with Gasteiger partial charge < -0.3 is 15.1 Å². The topological polar surface area (TPSA) is 113 Å². The van der Waals surface area contributed by atoms with Crippen molar-refractivity contribution in [3.63, 3.8) is 0 Å². The lowest BCUT2D eigenvalue weighted by molar-refractivity contribution is 0.313. The van der Waals surface area contributed by atoms with Crippen molar-refractivity contribution in [2.75, 3.05) is 56.7 Å². The van der Waals surface area contributed by atoms with E-state index >= 15 is 0 Å². The van der Waals surface area contributed by atoms with Crippen LogP contribution in [0.3, 0.4) is 0 Å². The van der Waals surface area contributed by atoms with Crippen molar-refractivity contribution >= 4 is 38.5 Å². The number of hydrogen-bond donors (Lipinski definition) is 3. The molecule has 0 amide bonds. The minimum absolute atomic E-state index is 0.243. The van der Waals surface area contributed by atoms with E-state index in [1.807, 2.05) is 12.1 Å². The maximum Gasteiger partial charge on any atom is 0.278 e. The molecule has 0 radical (unpaired) electrons. The summed E-state index contributed by atoms with van der Waals surface area (Å²) >= 11 is 0. The van der Waals surface area contributed by atoms with Crippen molar-refractivity contribution in [3.8, 4) is 5.82 Å². The van der Waals surface area contributed by atoms with E-state index in [2.05, 4.69) is 60.5 Å². The van der Waals surface area contributed by atoms with Gasteiger partial charge in [0.25, 0.3) is 5.56 Å². The third-order valence-corrected chi connectivity index (χ3v) is 8.75. The first-order valence-electron chi connectivity index (χ1n) is 12.5. The van der Waals surface area contributed by atoms with E-state index in [-0.39, 0.29) is 12.1 Å². The Hall–Kier alpha value is -3.87. The van der Waals surface area contributed by atoms with E-state index < -0.39 is 10.1 Å². The summed E-state index contributed by atoms with van der Waals surface area (Å²) in [6, 6.07) is 13.4. The first kappa shape index (κ1) is 25.8. The van der Waals surface area contributed by atoms with Crippen LogP contribution in [0.2, 0.25) is 0 Å². The summed E-state index contributed by atoms with van der Waals surface area (Å²) in [4.78, 5) is 31.6. The Balaban J connectivity index is 1.51. The van der Waals surface area contributed by atoms with Crippen LogP contribution in [0.25, 0.3) is 16.9 Å². The maximum absolute atomic E-state index is 13.2. The number of likely N-dealkylation sites (N-methyl/N-ethyl adjacent to an activating group) is 1. The summed E-state index contributed by atoms with van der Waals surface area (Å²) in [5.41, 5.74) is 2.14. The Bertz CT molecular complexity index is 1570. The molecule has 4 heterocycles. The summed E-state index contributed by atoms with van der Waals surface area (Å²) in [6.07, 6.45) is 4.76. The van der Waals surface area contributed by atoms with Gasteiger partial charge in [-0.25, -0.2) is 19.3 Å². The van der Waals surface area contributed by atoms with Crippen LogP contribution in [0, 0.1) is 0 Å².